The van der Waals surface area contributed by atoms with Gasteiger partial charge in [0.1, 0.15) is 10.8 Å². The van der Waals surface area contributed by atoms with Gasteiger partial charge in [-0.05, 0) is 30.7 Å². The third-order valence-corrected chi connectivity index (χ3v) is 3.13. The monoisotopic (exact) mass is 310 g/mol. The summed E-state index contributed by atoms with van der Waals surface area (Å²) in [6.45, 7) is 1.74. The first-order valence-corrected chi connectivity index (χ1v) is 6.43. The van der Waals surface area contributed by atoms with Crippen LogP contribution < -0.4 is 10.5 Å². The summed E-state index contributed by atoms with van der Waals surface area (Å²) in [5, 5.41) is 10.6. The number of benzene rings is 2. The van der Waals surface area contributed by atoms with Gasteiger partial charge < -0.3 is 10.5 Å². The van der Waals surface area contributed by atoms with Crippen molar-refractivity contribution >= 4 is 17.3 Å². The number of hydrogen-bond donors (Lipinski definition) is 1. The zero-order valence-electron chi connectivity index (χ0n) is 11.0. The smallest absolute Gasteiger partial charge is 0.288 e. The summed E-state index contributed by atoms with van der Waals surface area (Å²) in [6, 6.07) is 7.90. The standard InChI is InChI=1S/C14H12ClFN2O3/c1-8(17)9-2-5-14(12(16)6-9)21-10-3-4-13(18(19)20)11(15)7-10/h2-8H,17H2,1H3. The van der Waals surface area contributed by atoms with Gasteiger partial charge in [-0.15, -0.1) is 0 Å². The Kier molecular flexibility index (Phi) is 4.40. The van der Waals surface area contributed by atoms with Crippen molar-refractivity contribution in [2.75, 3.05) is 0 Å². The lowest BCUT2D eigenvalue weighted by molar-refractivity contribution is -0.384. The number of ether oxygens (including phenoxy) is 1. The van der Waals surface area contributed by atoms with Crippen LogP contribution >= 0.6 is 11.6 Å². The van der Waals surface area contributed by atoms with Crippen LogP contribution in [0.4, 0.5) is 10.1 Å². The summed E-state index contributed by atoms with van der Waals surface area (Å²) in [6.07, 6.45) is 0. The molecule has 1 atom stereocenters. The maximum absolute atomic E-state index is 13.9. The van der Waals surface area contributed by atoms with Gasteiger partial charge in [0.05, 0.1) is 4.92 Å². The number of nitro benzene ring substituents is 1. The van der Waals surface area contributed by atoms with E-state index in [-0.39, 0.29) is 28.3 Å². The minimum absolute atomic E-state index is 0.00989. The fraction of sp³-hybridized carbons (Fsp3) is 0.143. The average Bonchev–Trinajstić information content (AvgIpc) is 2.40. The summed E-state index contributed by atoms with van der Waals surface area (Å²) < 4.78 is 19.2. The molecular weight excluding hydrogens is 299 g/mol. The predicted octanol–water partition coefficient (Wildman–Crippen LogP) is 4.20. The van der Waals surface area contributed by atoms with Crippen molar-refractivity contribution in [1.82, 2.24) is 0 Å². The Morgan fingerprint density at radius 3 is 2.57 bits per heavy atom. The van der Waals surface area contributed by atoms with Gasteiger partial charge >= 0.3 is 0 Å². The van der Waals surface area contributed by atoms with E-state index in [0.717, 1.165) is 0 Å². The summed E-state index contributed by atoms with van der Waals surface area (Å²) in [4.78, 5) is 10.0. The van der Waals surface area contributed by atoms with Gasteiger partial charge in [0.25, 0.3) is 5.69 Å². The highest BCUT2D eigenvalue weighted by molar-refractivity contribution is 6.32. The molecule has 7 heteroatoms. The quantitative estimate of drug-likeness (QED) is 0.678. The van der Waals surface area contributed by atoms with Gasteiger partial charge in [0.2, 0.25) is 0 Å². The molecule has 0 bridgehead atoms. The van der Waals surface area contributed by atoms with Gasteiger partial charge in [-0.25, -0.2) is 4.39 Å². The first-order valence-electron chi connectivity index (χ1n) is 6.05. The molecule has 2 aromatic rings. The molecule has 0 aliphatic heterocycles. The number of hydrogen-bond acceptors (Lipinski definition) is 4. The van der Waals surface area contributed by atoms with Crippen molar-refractivity contribution < 1.29 is 14.1 Å². The summed E-state index contributed by atoms with van der Waals surface area (Å²) >= 11 is 5.77. The molecule has 2 aromatic carbocycles. The minimum atomic E-state index is -0.607. The second kappa shape index (κ2) is 6.07. The topological polar surface area (TPSA) is 78.4 Å². The van der Waals surface area contributed by atoms with E-state index in [2.05, 4.69) is 0 Å². The summed E-state index contributed by atoms with van der Waals surface area (Å²) in [7, 11) is 0. The zero-order chi connectivity index (χ0) is 15.6. The molecule has 0 saturated heterocycles. The lowest BCUT2D eigenvalue weighted by atomic mass is 10.1. The second-order valence-electron chi connectivity index (χ2n) is 4.45. The van der Waals surface area contributed by atoms with Crippen molar-refractivity contribution in [1.29, 1.82) is 0 Å². The molecule has 0 amide bonds. The Morgan fingerprint density at radius 2 is 2.05 bits per heavy atom. The van der Waals surface area contributed by atoms with Crippen LogP contribution in [-0.4, -0.2) is 4.92 Å². The molecular formula is C14H12ClFN2O3. The van der Waals surface area contributed by atoms with Crippen LogP contribution in [0.15, 0.2) is 36.4 Å². The molecule has 110 valence electrons. The van der Waals surface area contributed by atoms with Gasteiger partial charge in [-0.2, -0.15) is 0 Å². The lowest BCUT2D eigenvalue weighted by Crippen LogP contribution is -2.05. The molecule has 0 fully saturated rings. The van der Waals surface area contributed by atoms with Crippen LogP contribution in [0.3, 0.4) is 0 Å². The maximum atomic E-state index is 13.9. The van der Waals surface area contributed by atoms with E-state index < -0.39 is 10.7 Å². The molecule has 0 aromatic heterocycles. The minimum Gasteiger partial charge on any atom is -0.454 e. The lowest BCUT2D eigenvalue weighted by Gasteiger charge is -2.10. The molecule has 0 aliphatic rings. The molecule has 0 spiro atoms. The van der Waals surface area contributed by atoms with Crippen LogP contribution in [0.2, 0.25) is 5.02 Å². The van der Waals surface area contributed by atoms with Crippen molar-refractivity contribution in [3.63, 3.8) is 0 Å². The predicted molar refractivity (Wildman–Crippen MR) is 77.2 cm³/mol. The van der Waals surface area contributed by atoms with Crippen molar-refractivity contribution in [3.05, 3.63) is 62.9 Å². The Bertz CT molecular complexity index is 692. The fourth-order valence-corrected chi connectivity index (χ4v) is 1.95. The Labute approximate surface area is 125 Å². The number of nitro groups is 1. The van der Waals surface area contributed by atoms with E-state index in [1.54, 1.807) is 13.0 Å². The molecule has 2 N–H and O–H groups in total. The first kappa shape index (κ1) is 15.2. The number of nitrogens with zero attached hydrogens (tertiary/aromatic N) is 1. The normalized spacial score (nSPS) is 12.0. The molecule has 0 radical (unpaired) electrons. The van der Waals surface area contributed by atoms with Gasteiger partial charge in [0, 0.05) is 18.2 Å². The van der Waals surface area contributed by atoms with E-state index in [4.69, 9.17) is 22.1 Å². The molecule has 5 nitrogen and oxygen atoms in total. The third kappa shape index (κ3) is 3.48. The Balaban J connectivity index is 2.26. The first-order chi connectivity index (χ1) is 9.88. The largest absolute Gasteiger partial charge is 0.454 e. The maximum Gasteiger partial charge on any atom is 0.288 e. The number of halogens is 2. The summed E-state index contributed by atoms with van der Waals surface area (Å²) in [5.41, 5.74) is 6.06. The van der Waals surface area contributed by atoms with E-state index in [1.165, 1.54) is 30.3 Å². The van der Waals surface area contributed by atoms with Crippen molar-refractivity contribution in [3.8, 4) is 11.5 Å². The third-order valence-electron chi connectivity index (χ3n) is 2.83. The SMILES string of the molecule is CC(N)c1ccc(Oc2ccc([N+](=O)[O-])c(Cl)c2)c(F)c1. The second-order valence-corrected chi connectivity index (χ2v) is 4.86. The zero-order valence-corrected chi connectivity index (χ0v) is 11.8. The van der Waals surface area contributed by atoms with Gasteiger partial charge in [-0.3, -0.25) is 10.1 Å². The van der Waals surface area contributed by atoms with Crippen LogP contribution in [0.1, 0.15) is 18.5 Å². The van der Waals surface area contributed by atoms with Crippen molar-refractivity contribution in [2.45, 2.75) is 13.0 Å². The Morgan fingerprint density at radius 1 is 1.33 bits per heavy atom. The Hall–Kier alpha value is -2.18. The van der Waals surface area contributed by atoms with E-state index in [9.17, 15) is 14.5 Å². The van der Waals surface area contributed by atoms with E-state index in [1.807, 2.05) is 0 Å². The molecule has 0 aliphatic carbocycles. The van der Waals surface area contributed by atoms with Crippen LogP contribution in [0.5, 0.6) is 11.5 Å². The van der Waals surface area contributed by atoms with Crippen molar-refractivity contribution in [2.24, 2.45) is 5.73 Å². The molecule has 1 unspecified atom stereocenters. The van der Waals surface area contributed by atoms with Gasteiger partial charge in [-0.1, -0.05) is 17.7 Å². The highest BCUT2D eigenvalue weighted by atomic mass is 35.5. The number of rotatable bonds is 4. The summed E-state index contributed by atoms with van der Waals surface area (Å²) in [5.74, 6) is -0.373. The van der Waals surface area contributed by atoms with Crippen LogP contribution in [0.25, 0.3) is 0 Å². The molecule has 0 heterocycles. The fourth-order valence-electron chi connectivity index (χ4n) is 1.71. The molecule has 0 saturated carbocycles. The highest BCUT2D eigenvalue weighted by Crippen LogP contribution is 2.32. The van der Waals surface area contributed by atoms with Crippen LogP contribution in [0, 0.1) is 15.9 Å². The van der Waals surface area contributed by atoms with E-state index in [0.29, 0.717) is 5.56 Å². The van der Waals surface area contributed by atoms with Crippen LogP contribution in [-0.2, 0) is 0 Å². The highest BCUT2D eigenvalue weighted by Gasteiger charge is 2.14. The average molecular weight is 311 g/mol. The molecule has 2 rings (SSSR count). The van der Waals surface area contributed by atoms with Gasteiger partial charge in [0.15, 0.2) is 11.6 Å². The van der Waals surface area contributed by atoms with E-state index >= 15 is 0 Å². The molecule has 21 heavy (non-hydrogen) atoms. The number of nitrogens with two attached hydrogens (primary N) is 1.